The van der Waals surface area contributed by atoms with Gasteiger partial charge in [-0.25, -0.2) is 0 Å². The van der Waals surface area contributed by atoms with Crippen LogP contribution in [-0.4, -0.2) is 43.0 Å². The number of methoxy groups -OCH3 is 1. The minimum atomic E-state index is -0.762. The van der Waals surface area contributed by atoms with E-state index in [1.165, 1.54) is 7.11 Å². The van der Waals surface area contributed by atoms with Gasteiger partial charge in [-0.15, -0.1) is 0 Å². The van der Waals surface area contributed by atoms with Gasteiger partial charge in [0.2, 0.25) is 5.91 Å². The van der Waals surface area contributed by atoms with E-state index in [1.54, 1.807) is 18.9 Å². The summed E-state index contributed by atoms with van der Waals surface area (Å²) in [5, 5.41) is 0. The van der Waals surface area contributed by atoms with Gasteiger partial charge in [-0.1, -0.05) is 26.7 Å². The Hall–Kier alpha value is -1.10. The summed E-state index contributed by atoms with van der Waals surface area (Å²) in [5.74, 6) is -0.213. The Morgan fingerprint density at radius 3 is 2.68 bits per heavy atom. The number of amides is 1. The molecule has 0 aromatic carbocycles. The first kappa shape index (κ1) is 16.0. The van der Waals surface area contributed by atoms with E-state index in [2.05, 4.69) is 11.7 Å². The minimum Gasteiger partial charge on any atom is -0.469 e. The summed E-state index contributed by atoms with van der Waals surface area (Å²) in [7, 11) is 3.06. The average molecular weight is 270 g/mol. The van der Waals surface area contributed by atoms with Gasteiger partial charge in [0.1, 0.15) is 0 Å². The van der Waals surface area contributed by atoms with Gasteiger partial charge >= 0.3 is 5.97 Å². The third-order valence-corrected chi connectivity index (χ3v) is 3.96. The maximum atomic E-state index is 12.5. The highest BCUT2D eigenvalue weighted by atomic mass is 16.5. The Bertz CT molecular complexity index is 346. The summed E-state index contributed by atoms with van der Waals surface area (Å²) in [6, 6.07) is 0. The van der Waals surface area contributed by atoms with Crippen LogP contribution < -0.4 is 5.73 Å². The molecular formula is C14H26N2O3. The molecule has 3 atom stereocenters. The van der Waals surface area contributed by atoms with Gasteiger partial charge < -0.3 is 15.4 Å². The fraction of sp³-hybridized carbons (Fsp3) is 0.857. The lowest BCUT2D eigenvalue weighted by molar-refractivity contribution is -0.147. The van der Waals surface area contributed by atoms with Gasteiger partial charge in [0, 0.05) is 13.6 Å². The first-order chi connectivity index (χ1) is 8.80. The Morgan fingerprint density at radius 1 is 1.53 bits per heavy atom. The fourth-order valence-electron chi connectivity index (χ4n) is 2.94. The highest BCUT2D eigenvalue weighted by Gasteiger charge is 2.40. The van der Waals surface area contributed by atoms with Gasteiger partial charge in [0.15, 0.2) is 0 Å². The van der Waals surface area contributed by atoms with E-state index in [9.17, 15) is 9.59 Å². The number of hydrogen-bond donors (Lipinski definition) is 1. The van der Waals surface area contributed by atoms with Crippen LogP contribution in [0.25, 0.3) is 0 Å². The molecule has 3 unspecified atom stereocenters. The number of carbonyl (C=O) groups is 2. The summed E-state index contributed by atoms with van der Waals surface area (Å²) in [6.45, 7) is 4.23. The van der Waals surface area contributed by atoms with Gasteiger partial charge in [-0.3, -0.25) is 9.59 Å². The molecule has 0 aromatic rings. The van der Waals surface area contributed by atoms with Crippen molar-refractivity contribution in [3.63, 3.8) is 0 Å². The van der Waals surface area contributed by atoms with Crippen molar-refractivity contribution in [1.82, 2.24) is 4.90 Å². The van der Waals surface area contributed by atoms with Crippen molar-refractivity contribution >= 4 is 11.9 Å². The van der Waals surface area contributed by atoms with E-state index in [4.69, 9.17) is 5.73 Å². The molecular weight excluding hydrogens is 244 g/mol. The van der Waals surface area contributed by atoms with Crippen molar-refractivity contribution in [1.29, 1.82) is 0 Å². The third kappa shape index (κ3) is 3.93. The third-order valence-electron chi connectivity index (χ3n) is 3.96. The Kier molecular flexibility index (Phi) is 5.35. The lowest BCUT2D eigenvalue weighted by atomic mass is 9.76. The van der Waals surface area contributed by atoms with Crippen LogP contribution in [-0.2, 0) is 14.3 Å². The van der Waals surface area contributed by atoms with Gasteiger partial charge in [0.25, 0.3) is 0 Å². The number of rotatable bonds is 4. The summed E-state index contributed by atoms with van der Waals surface area (Å²) >= 11 is 0. The molecule has 0 radical (unpaired) electrons. The molecule has 2 N–H and O–H groups in total. The fourth-order valence-corrected chi connectivity index (χ4v) is 2.94. The topological polar surface area (TPSA) is 72.6 Å². The summed E-state index contributed by atoms with van der Waals surface area (Å²) < 4.78 is 4.67. The number of ether oxygens (including phenoxy) is 1. The second kappa shape index (κ2) is 6.37. The van der Waals surface area contributed by atoms with Crippen LogP contribution in [0.4, 0.5) is 0 Å². The van der Waals surface area contributed by atoms with Gasteiger partial charge in [0.05, 0.1) is 18.6 Å². The van der Waals surface area contributed by atoms with Crippen molar-refractivity contribution in [3.05, 3.63) is 0 Å². The van der Waals surface area contributed by atoms with E-state index in [-0.39, 0.29) is 17.8 Å². The number of likely N-dealkylation sites (N-methyl/N-ethyl adjacent to an activating group) is 1. The molecule has 0 bridgehead atoms. The van der Waals surface area contributed by atoms with Crippen molar-refractivity contribution in [2.75, 3.05) is 20.7 Å². The zero-order chi connectivity index (χ0) is 14.6. The zero-order valence-corrected chi connectivity index (χ0v) is 12.4. The molecule has 0 spiro atoms. The predicted octanol–water partition coefficient (Wildman–Crippen LogP) is 1.16. The Balaban J connectivity index is 2.63. The maximum Gasteiger partial charge on any atom is 0.310 e. The summed E-state index contributed by atoms with van der Waals surface area (Å²) in [4.78, 5) is 25.4. The van der Waals surface area contributed by atoms with Crippen LogP contribution >= 0.6 is 0 Å². The molecule has 0 saturated heterocycles. The zero-order valence-electron chi connectivity index (χ0n) is 12.4. The highest BCUT2D eigenvalue weighted by Crippen LogP contribution is 2.31. The van der Waals surface area contributed by atoms with Crippen LogP contribution in [0.2, 0.25) is 0 Å². The molecule has 1 saturated carbocycles. The second-order valence-corrected chi connectivity index (χ2v) is 5.97. The average Bonchev–Trinajstić information content (AvgIpc) is 2.36. The number of hydrogen-bond acceptors (Lipinski definition) is 4. The van der Waals surface area contributed by atoms with Crippen LogP contribution in [0, 0.1) is 11.8 Å². The molecule has 1 aliphatic rings. The SMILES string of the molecule is COC(=O)C(C)CN(C)C(=O)C1(N)CCCC(C)C1. The normalized spacial score (nSPS) is 28.6. The maximum absolute atomic E-state index is 12.5. The van der Waals surface area contributed by atoms with Crippen LogP contribution in [0.3, 0.4) is 0 Å². The number of esters is 1. The van der Waals surface area contributed by atoms with Crippen molar-refractivity contribution in [2.45, 2.75) is 45.1 Å². The number of carbonyl (C=O) groups excluding carboxylic acids is 2. The van der Waals surface area contributed by atoms with Crippen molar-refractivity contribution in [2.24, 2.45) is 17.6 Å². The minimum absolute atomic E-state index is 0.0604. The van der Waals surface area contributed by atoms with Crippen LogP contribution in [0.5, 0.6) is 0 Å². The largest absolute Gasteiger partial charge is 0.469 e. The molecule has 0 heterocycles. The Morgan fingerprint density at radius 2 is 2.16 bits per heavy atom. The predicted molar refractivity (Wildman–Crippen MR) is 73.4 cm³/mol. The smallest absolute Gasteiger partial charge is 0.310 e. The standard InChI is InChI=1S/C14H26N2O3/c1-10-6-5-7-14(15,8-10)13(18)16(3)9-11(2)12(17)19-4/h10-11H,5-9,15H2,1-4H3. The number of nitrogens with zero attached hydrogens (tertiary/aromatic N) is 1. The molecule has 1 amide bonds. The molecule has 0 aliphatic heterocycles. The molecule has 110 valence electrons. The molecule has 5 nitrogen and oxygen atoms in total. The van der Waals surface area contributed by atoms with E-state index >= 15 is 0 Å². The molecule has 19 heavy (non-hydrogen) atoms. The second-order valence-electron chi connectivity index (χ2n) is 5.97. The van der Waals surface area contributed by atoms with Gasteiger partial charge in [-0.2, -0.15) is 0 Å². The van der Waals surface area contributed by atoms with E-state index in [0.29, 0.717) is 12.5 Å². The van der Waals surface area contributed by atoms with Crippen molar-refractivity contribution in [3.8, 4) is 0 Å². The van der Waals surface area contributed by atoms with Crippen molar-refractivity contribution < 1.29 is 14.3 Å². The van der Waals surface area contributed by atoms with Gasteiger partial charge in [-0.05, 0) is 18.8 Å². The molecule has 1 rings (SSSR count). The molecule has 1 fully saturated rings. The Labute approximate surface area is 115 Å². The quantitative estimate of drug-likeness (QED) is 0.778. The lowest BCUT2D eigenvalue weighted by Gasteiger charge is -2.38. The van der Waals surface area contributed by atoms with E-state index in [1.807, 2.05) is 0 Å². The monoisotopic (exact) mass is 270 g/mol. The first-order valence-electron chi connectivity index (χ1n) is 6.92. The first-order valence-corrected chi connectivity index (χ1v) is 6.92. The van der Waals surface area contributed by atoms with Crippen LogP contribution in [0.1, 0.15) is 39.5 Å². The number of nitrogens with two attached hydrogens (primary N) is 1. The van der Waals surface area contributed by atoms with E-state index in [0.717, 1.165) is 25.7 Å². The van der Waals surface area contributed by atoms with E-state index < -0.39 is 5.54 Å². The molecule has 5 heteroatoms. The lowest BCUT2D eigenvalue weighted by Crippen LogP contribution is -2.57. The van der Waals surface area contributed by atoms with Crippen LogP contribution in [0.15, 0.2) is 0 Å². The summed E-state index contributed by atoms with van der Waals surface area (Å²) in [6.07, 6.45) is 3.58. The highest BCUT2D eigenvalue weighted by molar-refractivity contribution is 5.86. The molecule has 1 aliphatic carbocycles. The summed E-state index contributed by atoms with van der Waals surface area (Å²) in [5.41, 5.74) is 5.51. The molecule has 0 aromatic heterocycles.